The van der Waals surface area contributed by atoms with E-state index in [2.05, 4.69) is 20.3 Å². The number of pyridine rings is 1. The SMILES string of the molecule is CCC1CC(C)CCC=CC2CC2(C(=O)NS(=O)(=O)C2CC2)NC(=O)C2(C)CC(Oc3cc(OC)nc4cc(OC)ccc34)CN2C(=O)C1NC(=O)OC(C)(C)C(F)(F)F. The summed E-state index contributed by atoms with van der Waals surface area (Å²) < 4.78 is 91.9. The summed E-state index contributed by atoms with van der Waals surface area (Å²) in [5.74, 6) is -2.68. The maximum absolute atomic E-state index is 15.1. The number of hydrogen-bond acceptors (Lipinski definition) is 11. The summed E-state index contributed by atoms with van der Waals surface area (Å²) in [6, 6.07) is 5.20. The number of alkyl carbamates (subject to hydrolysis) is 1. The molecule has 2 aromatic rings. The van der Waals surface area contributed by atoms with Gasteiger partial charge in [-0.3, -0.25) is 19.1 Å². The normalized spacial score (nSPS) is 29.0. The Morgan fingerprint density at radius 2 is 1.78 bits per heavy atom. The lowest BCUT2D eigenvalue weighted by molar-refractivity contribution is -0.244. The zero-order valence-corrected chi connectivity index (χ0v) is 35.6. The Morgan fingerprint density at radius 3 is 2.42 bits per heavy atom. The Bertz CT molecular complexity index is 2140. The van der Waals surface area contributed by atoms with Gasteiger partial charge in [0.2, 0.25) is 33.3 Å². The van der Waals surface area contributed by atoms with E-state index in [0.717, 1.165) is 0 Å². The first-order valence-electron chi connectivity index (χ1n) is 20.2. The van der Waals surface area contributed by atoms with Crippen LogP contribution in [0.1, 0.15) is 86.0 Å². The molecule has 6 rings (SSSR count). The van der Waals surface area contributed by atoms with E-state index >= 15 is 4.79 Å². The minimum Gasteiger partial charge on any atom is -0.497 e. The maximum Gasteiger partial charge on any atom is 0.427 e. The molecule has 0 bridgehead atoms. The van der Waals surface area contributed by atoms with Crippen molar-refractivity contribution in [3.63, 3.8) is 0 Å². The third-order valence-corrected chi connectivity index (χ3v) is 14.1. The first-order chi connectivity index (χ1) is 28.1. The molecule has 1 saturated heterocycles. The highest BCUT2D eigenvalue weighted by Crippen LogP contribution is 2.47. The van der Waals surface area contributed by atoms with Crippen LogP contribution in [0, 0.1) is 17.8 Å². The van der Waals surface area contributed by atoms with Crippen molar-refractivity contribution in [2.45, 2.75) is 126 Å². The number of nitrogens with zero attached hydrogens (tertiary/aromatic N) is 2. The number of allylic oxidation sites excluding steroid dienone is 1. The quantitative estimate of drug-likeness (QED) is 0.262. The molecule has 60 heavy (non-hydrogen) atoms. The van der Waals surface area contributed by atoms with Gasteiger partial charge in [-0.15, -0.1) is 0 Å². The van der Waals surface area contributed by atoms with Crippen molar-refractivity contribution in [2.24, 2.45) is 17.8 Å². The summed E-state index contributed by atoms with van der Waals surface area (Å²) in [5.41, 5.74) is -5.91. The molecule has 15 nitrogen and oxygen atoms in total. The summed E-state index contributed by atoms with van der Waals surface area (Å²) in [7, 11) is -1.08. The Hall–Kier alpha value is -4.81. The number of amides is 4. The van der Waals surface area contributed by atoms with Gasteiger partial charge in [0.25, 0.3) is 5.91 Å². The lowest BCUT2D eigenvalue weighted by atomic mass is 9.84. The van der Waals surface area contributed by atoms with E-state index in [-0.39, 0.29) is 31.2 Å². The molecule has 0 radical (unpaired) electrons. The number of ether oxygens (including phenoxy) is 4. The van der Waals surface area contributed by atoms with E-state index in [4.69, 9.17) is 18.9 Å². The smallest absolute Gasteiger partial charge is 0.427 e. The van der Waals surface area contributed by atoms with Crippen LogP contribution >= 0.6 is 0 Å². The second-order valence-electron chi connectivity index (χ2n) is 17.2. The standard InChI is InChI=1S/C41H54F3N5O10S/c1-8-24-17-23(2)11-9-10-12-25-20-40(25,36(52)48-60(54,55)28-14-15-28)47-35(51)39(5)21-27(58-31-19-32(57-7)45-30-18-26(56-6)13-16-29(30)31)22-49(39)34(50)33(24)46-37(53)59-38(3,4)41(42,43)44/h10,12-13,16,18-19,23-25,27-28,33H,8-9,11,14-15,17,20-22H2,1-7H3,(H,46,53)(H,47,51)(H,48,52). The molecule has 3 heterocycles. The number of carbonyl (C=O) groups excluding carboxylic acids is 4. The van der Waals surface area contributed by atoms with E-state index in [1.54, 1.807) is 37.3 Å². The first-order valence-corrected chi connectivity index (χ1v) is 21.7. The molecule has 3 fully saturated rings. The molecule has 2 aliphatic carbocycles. The van der Waals surface area contributed by atoms with Gasteiger partial charge in [0.1, 0.15) is 34.7 Å². The van der Waals surface area contributed by atoms with Crippen molar-refractivity contribution in [2.75, 3.05) is 20.8 Å². The predicted octanol–water partition coefficient (Wildman–Crippen LogP) is 5.31. The largest absolute Gasteiger partial charge is 0.497 e. The molecule has 7 atom stereocenters. The summed E-state index contributed by atoms with van der Waals surface area (Å²) in [4.78, 5) is 63.0. The van der Waals surface area contributed by atoms with Crippen LogP contribution in [0.15, 0.2) is 36.4 Å². The molecular weight excluding hydrogens is 812 g/mol. The number of nitrogens with one attached hydrogen (secondary N) is 3. The predicted molar refractivity (Wildman–Crippen MR) is 213 cm³/mol. The average molecular weight is 866 g/mol. The van der Waals surface area contributed by atoms with Crippen molar-refractivity contribution < 1.29 is 59.7 Å². The molecule has 4 amide bonds. The summed E-state index contributed by atoms with van der Waals surface area (Å²) in [6.07, 6.45) is -1.06. The highest BCUT2D eigenvalue weighted by atomic mass is 32.2. The molecule has 1 aromatic heterocycles. The molecular formula is C41H54F3N5O10S. The van der Waals surface area contributed by atoms with Gasteiger partial charge in [-0.2, -0.15) is 13.2 Å². The summed E-state index contributed by atoms with van der Waals surface area (Å²) >= 11 is 0. The molecule has 1 aromatic carbocycles. The molecule has 4 aliphatic rings. The van der Waals surface area contributed by atoms with Gasteiger partial charge in [-0.25, -0.2) is 18.2 Å². The number of benzene rings is 1. The van der Waals surface area contributed by atoms with Gasteiger partial charge in [0.15, 0.2) is 0 Å². The number of halogens is 3. The molecule has 330 valence electrons. The second kappa shape index (κ2) is 16.6. The number of rotatable bonds is 10. The molecule has 0 spiro atoms. The third-order valence-electron chi connectivity index (χ3n) is 12.2. The molecule has 19 heteroatoms. The fraction of sp³-hybridized carbons (Fsp3) is 0.634. The van der Waals surface area contributed by atoms with Gasteiger partial charge in [0.05, 0.1) is 31.5 Å². The van der Waals surface area contributed by atoms with Crippen LogP contribution in [0.3, 0.4) is 0 Å². The average Bonchev–Trinajstić information content (AvgIpc) is 4.11. The number of methoxy groups -OCH3 is 2. The third kappa shape index (κ3) is 9.10. The Kier molecular flexibility index (Phi) is 12.4. The van der Waals surface area contributed by atoms with E-state index in [0.29, 0.717) is 74.8 Å². The van der Waals surface area contributed by atoms with Crippen LogP contribution in [0.2, 0.25) is 0 Å². The molecule has 2 saturated carbocycles. The minimum absolute atomic E-state index is 0.0465. The number of alkyl halides is 3. The van der Waals surface area contributed by atoms with Gasteiger partial charge >= 0.3 is 12.3 Å². The van der Waals surface area contributed by atoms with Crippen LogP contribution in [0.4, 0.5) is 18.0 Å². The van der Waals surface area contributed by atoms with Crippen molar-refractivity contribution in [1.82, 2.24) is 25.2 Å². The van der Waals surface area contributed by atoms with Gasteiger partial charge in [0, 0.05) is 29.9 Å². The van der Waals surface area contributed by atoms with Gasteiger partial charge in [-0.1, -0.05) is 32.4 Å². The topological polar surface area (TPSA) is 192 Å². The van der Waals surface area contributed by atoms with Gasteiger partial charge in [-0.05, 0) is 83.3 Å². The number of hydrogen-bond donors (Lipinski definition) is 3. The van der Waals surface area contributed by atoms with E-state index in [1.807, 2.05) is 13.0 Å². The van der Waals surface area contributed by atoms with Gasteiger partial charge < -0.3 is 34.5 Å². The van der Waals surface area contributed by atoms with E-state index < -0.39 is 85.9 Å². The van der Waals surface area contributed by atoms with Crippen molar-refractivity contribution in [3.8, 4) is 17.4 Å². The fourth-order valence-electron chi connectivity index (χ4n) is 8.12. The fourth-order valence-corrected chi connectivity index (χ4v) is 9.49. The Labute approximate surface area is 347 Å². The van der Waals surface area contributed by atoms with Crippen LogP contribution in [-0.2, 0) is 29.1 Å². The van der Waals surface area contributed by atoms with Crippen molar-refractivity contribution in [1.29, 1.82) is 0 Å². The molecule has 2 aliphatic heterocycles. The summed E-state index contributed by atoms with van der Waals surface area (Å²) in [6.45, 7) is 6.38. The zero-order chi connectivity index (χ0) is 44.0. The number of fused-ring (bicyclic) bond motifs is 3. The molecule has 7 unspecified atom stereocenters. The maximum atomic E-state index is 15.1. The van der Waals surface area contributed by atoms with Crippen LogP contribution in [0.5, 0.6) is 17.4 Å². The van der Waals surface area contributed by atoms with E-state index in [1.165, 1.54) is 26.0 Å². The minimum atomic E-state index is -4.93. The van der Waals surface area contributed by atoms with Crippen LogP contribution in [0.25, 0.3) is 10.9 Å². The Morgan fingerprint density at radius 1 is 1.07 bits per heavy atom. The van der Waals surface area contributed by atoms with Crippen molar-refractivity contribution in [3.05, 3.63) is 36.4 Å². The highest BCUT2D eigenvalue weighted by molar-refractivity contribution is 7.91. The Balaban J connectivity index is 1.41. The molecule has 3 N–H and O–H groups in total. The van der Waals surface area contributed by atoms with Crippen LogP contribution in [-0.4, -0.2) is 103 Å². The first kappa shape index (κ1) is 44.7. The van der Waals surface area contributed by atoms with Crippen LogP contribution < -0.4 is 29.6 Å². The number of sulfonamides is 1. The van der Waals surface area contributed by atoms with E-state index in [9.17, 15) is 36.0 Å². The number of aromatic nitrogens is 1. The second-order valence-corrected chi connectivity index (χ2v) is 19.1. The summed E-state index contributed by atoms with van der Waals surface area (Å²) in [5, 5.41) is 5.13. The van der Waals surface area contributed by atoms with Crippen molar-refractivity contribution >= 4 is 44.7 Å². The lowest BCUT2D eigenvalue weighted by Gasteiger charge is -2.39. The zero-order valence-electron chi connectivity index (χ0n) is 34.8. The number of carbonyl (C=O) groups is 4. The monoisotopic (exact) mass is 865 g/mol. The lowest BCUT2D eigenvalue weighted by Crippen LogP contribution is -2.64. The highest BCUT2D eigenvalue weighted by Gasteiger charge is 2.64.